The number of nitrogens with one attached hydrogen (secondary N) is 2. The summed E-state index contributed by atoms with van der Waals surface area (Å²) in [6.07, 6.45) is 1.51. The number of aromatic nitrogens is 2. The van der Waals surface area contributed by atoms with Crippen LogP contribution in [0.2, 0.25) is 0 Å². The first-order valence-corrected chi connectivity index (χ1v) is 4.93. The Kier molecular flexibility index (Phi) is 3.47. The van der Waals surface area contributed by atoms with E-state index in [-0.39, 0.29) is 16.8 Å². The summed E-state index contributed by atoms with van der Waals surface area (Å²) in [6.45, 7) is 7.41. The minimum absolute atomic E-state index is 0.0335. The van der Waals surface area contributed by atoms with Crippen LogP contribution < -0.4 is 16.6 Å². The molecule has 15 heavy (non-hydrogen) atoms. The average Bonchev–Trinajstić information content (AvgIpc) is 2.07. The second kappa shape index (κ2) is 4.44. The van der Waals surface area contributed by atoms with Gasteiger partial charge in [-0.15, -0.1) is 0 Å². The molecule has 0 saturated carbocycles. The van der Waals surface area contributed by atoms with E-state index in [1.807, 2.05) is 0 Å². The topological polar surface area (TPSA) is 66.9 Å². The molecule has 0 aliphatic rings. The highest BCUT2D eigenvalue weighted by Crippen LogP contribution is 1.96. The van der Waals surface area contributed by atoms with E-state index in [2.05, 4.69) is 31.1 Å². The van der Waals surface area contributed by atoms with Crippen molar-refractivity contribution < 1.29 is 0 Å². The van der Waals surface area contributed by atoms with E-state index < -0.39 is 0 Å². The van der Waals surface area contributed by atoms with Gasteiger partial charge in [-0.2, -0.15) is 0 Å². The molecule has 0 radical (unpaired) electrons. The van der Waals surface area contributed by atoms with Crippen molar-refractivity contribution in [2.45, 2.75) is 32.9 Å². The molecule has 1 aromatic rings. The minimum atomic E-state index is -0.363. The van der Waals surface area contributed by atoms with Gasteiger partial charge in [0.2, 0.25) is 0 Å². The number of rotatable bonds is 3. The van der Waals surface area contributed by atoms with Crippen LogP contribution in [0, 0.1) is 0 Å². The lowest BCUT2D eigenvalue weighted by Crippen LogP contribution is -2.39. The van der Waals surface area contributed by atoms with Crippen LogP contribution in [0.5, 0.6) is 0 Å². The predicted molar refractivity (Wildman–Crippen MR) is 59.1 cm³/mol. The normalized spacial score (nSPS) is 11.7. The lowest BCUT2D eigenvalue weighted by molar-refractivity contribution is 0.409. The van der Waals surface area contributed by atoms with Gasteiger partial charge >= 0.3 is 5.69 Å². The molecule has 0 aliphatic heterocycles. The first-order valence-electron chi connectivity index (χ1n) is 4.93. The van der Waals surface area contributed by atoms with Crippen LogP contribution in [0.25, 0.3) is 0 Å². The van der Waals surface area contributed by atoms with Crippen LogP contribution in [0.1, 0.15) is 20.8 Å². The molecule has 0 amide bonds. The highest BCUT2D eigenvalue weighted by Gasteiger charge is 2.07. The molecule has 5 heteroatoms. The lowest BCUT2D eigenvalue weighted by Gasteiger charge is -2.20. The molecule has 1 heterocycles. The molecule has 0 bridgehead atoms. The number of nitrogens with zero attached hydrogens (tertiary/aromatic N) is 1. The second-order valence-corrected chi connectivity index (χ2v) is 4.48. The summed E-state index contributed by atoms with van der Waals surface area (Å²) < 4.78 is 1.47. The molecule has 0 fully saturated rings. The summed E-state index contributed by atoms with van der Waals surface area (Å²) >= 11 is 0. The Hall–Kier alpha value is -1.36. The van der Waals surface area contributed by atoms with Crippen molar-refractivity contribution in [3.63, 3.8) is 0 Å². The third-order valence-corrected chi connectivity index (χ3v) is 1.90. The quantitative estimate of drug-likeness (QED) is 0.735. The SMILES string of the molecule is CC(C)(C)NCCn1ccc(=O)[nH]c1=O. The fraction of sp³-hybridized carbons (Fsp3) is 0.600. The van der Waals surface area contributed by atoms with Gasteiger partial charge in [-0.3, -0.25) is 14.3 Å². The Morgan fingerprint density at radius 2 is 2.07 bits per heavy atom. The zero-order valence-corrected chi connectivity index (χ0v) is 9.33. The first-order chi connectivity index (χ1) is 6.88. The highest BCUT2D eigenvalue weighted by molar-refractivity contribution is 4.82. The Morgan fingerprint density at radius 3 is 2.60 bits per heavy atom. The molecular weight excluding hydrogens is 194 g/mol. The molecule has 2 N–H and O–H groups in total. The van der Waals surface area contributed by atoms with Crippen LogP contribution in [0.4, 0.5) is 0 Å². The van der Waals surface area contributed by atoms with E-state index in [1.165, 1.54) is 16.8 Å². The van der Waals surface area contributed by atoms with Gasteiger partial charge in [0.05, 0.1) is 0 Å². The number of H-pyrrole nitrogens is 1. The zero-order chi connectivity index (χ0) is 11.5. The Labute approximate surface area is 88.1 Å². The van der Waals surface area contributed by atoms with Crippen molar-refractivity contribution in [1.82, 2.24) is 14.9 Å². The molecule has 0 unspecified atom stereocenters. The second-order valence-electron chi connectivity index (χ2n) is 4.48. The highest BCUT2D eigenvalue weighted by atomic mass is 16.2. The van der Waals surface area contributed by atoms with E-state index in [9.17, 15) is 9.59 Å². The third-order valence-electron chi connectivity index (χ3n) is 1.90. The average molecular weight is 211 g/mol. The number of hydrogen-bond donors (Lipinski definition) is 2. The smallest absolute Gasteiger partial charge is 0.310 e. The maximum absolute atomic E-state index is 11.3. The largest absolute Gasteiger partial charge is 0.328 e. The van der Waals surface area contributed by atoms with Crippen molar-refractivity contribution in [3.8, 4) is 0 Å². The van der Waals surface area contributed by atoms with Gasteiger partial charge in [-0.1, -0.05) is 0 Å². The molecule has 0 saturated heterocycles. The zero-order valence-electron chi connectivity index (χ0n) is 9.33. The predicted octanol–water partition coefficient (Wildman–Crippen LogP) is -0.0753. The molecule has 1 rings (SSSR count). The van der Waals surface area contributed by atoms with Crippen LogP contribution >= 0.6 is 0 Å². The lowest BCUT2D eigenvalue weighted by atomic mass is 10.1. The van der Waals surface area contributed by atoms with Gasteiger partial charge in [0, 0.05) is 30.9 Å². The van der Waals surface area contributed by atoms with Crippen molar-refractivity contribution in [2.75, 3.05) is 6.54 Å². The van der Waals surface area contributed by atoms with E-state index in [0.717, 1.165) is 0 Å². The molecule has 0 aromatic carbocycles. The number of aromatic amines is 1. The van der Waals surface area contributed by atoms with Crippen LogP contribution in [0.3, 0.4) is 0 Å². The molecule has 0 atom stereocenters. The maximum Gasteiger partial charge on any atom is 0.328 e. The van der Waals surface area contributed by atoms with Gasteiger partial charge in [-0.25, -0.2) is 4.79 Å². The van der Waals surface area contributed by atoms with E-state index >= 15 is 0 Å². The van der Waals surface area contributed by atoms with Gasteiger partial charge in [0.1, 0.15) is 0 Å². The summed E-state index contributed by atoms with van der Waals surface area (Å²) in [7, 11) is 0. The summed E-state index contributed by atoms with van der Waals surface area (Å²) in [6, 6.07) is 1.35. The van der Waals surface area contributed by atoms with Crippen molar-refractivity contribution in [1.29, 1.82) is 0 Å². The Balaban J connectivity index is 2.59. The standard InChI is InChI=1S/C10H17N3O2/c1-10(2,3)11-5-7-13-6-4-8(14)12-9(13)15/h4,6,11H,5,7H2,1-3H3,(H,12,14,15). The summed E-state index contributed by atoms with van der Waals surface area (Å²) in [4.78, 5) is 24.3. The van der Waals surface area contributed by atoms with Gasteiger partial charge < -0.3 is 5.32 Å². The van der Waals surface area contributed by atoms with E-state index in [4.69, 9.17) is 0 Å². The van der Waals surface area contributed by atoms with Crippen LogP contribution in [-0.2, 0) is 6.54 Å². The van der Waals surface area contributed by atoms with E-state index in [1.54, 1.807) is 0 Å². The fourth-order valence-electron chi connectivity index (χ4n) is 1.17. The van der Waals surface area contributed by atoms with Gasteiger partial charge in [0.15, 0.2) is 0 Å². The molecule has 0 aliphatic carbocycles. The molecule has 5 nitrogen and oxygen atoms in total. The Morgan fingerprint density at radius 1 is 1.40 bits per heavy atom. The van der Waals surface area contributed by atoms with Crippen LogP contribution in [0.15, 0.2) is 21.9 Å². The summed E-state index contributed by atoms with van der Waals surface area (Å²) in [5.74, 6) is 0. The van der Waals surface area contributed by atoms with Gasteiger partial charge in [-0.05, 0) is 20.8 Å². The first kappa shape index (κ1) is 11.7. The number of hydrogen-bond acceptors (Lipinski definition) is 3. The van der Waals surface area contributed by atoms with Crippen LogP contribution in [-0.4, -0.2) is 21.6 Å². The minimum Gasteiger partial charge on any atom is -0.310 e. The summed E-state index contributed by atoms with van der Waals surface area (Å²) in [5, 5.41) is 3.26. The van der Waals surface area contributed by atoms with Crippen molar-refractivity contribution in [2.24, 2.45) is 0 Å². The van der Waals surface area contributed by atoms with Crippen molar-refractivity contribution in [3.05, 3.63) is 33.1 Å². The van der Waals surface area contributed by atoms with E-state index in [0.29, 0.717) is 13.1 Å². The third kappa shape index (κ3) is 4.12. The maximum atomic E-state index is 11.3. The molecule has 0 spiro atoms. The monoisotopic (exact) mass is 211 g/mol. The summed E-state index contributed by atoms with van der Waals surface area (Å²) in [5.41, 5.74) is -0.690. The van der Waals surface area contributed by atoms with Crippen molar-refractivity contribution >= 4 is 0 Å². The Bertz CT molecular complexity index is 425. The fourth-order valence-corrected chi connectivity index (χ4v) is 1.17. The molecule has 1 aromatic heterocycles. The molecule has 84 valence electrons. The molecular formula is C10H17N3O2. The van der Waals surface area contributed by atoms with Gasteiger partial charge in [0.25, 0.3) is 5.56 Å².